The van der Waals surface area contributed by atoms with Crippen molar-refractivity contribution in [3.63, 3.8) is 0 Å². The van der Waals surface area contributed by atoms with Crippen molar-refractivity contribution in [3.8, 4) is 0 Å². The maximum Gasteiger partial charge on any atom is 0.330 e. The number of benzene rings is 2. The van der Waals surface area contributed by atoms with Gasteiger partial charge in [-0.2, -0.15) is 4.72 Å². The minimum Gasteiger partial charge on any atom is -0.479 e. The number of sulfonamides is 1. The van der Waals surface area contributed by atoms with E-state index in [9.17, 15) is 27.9 Å². The Bertz CT molecular complexity index is 1190. The second-order valence-electron chi connectivity index (χ2n) is 9.59. The van der Waals surface area contributed by atoms with Crippen LogP contribution in [0.3, 0.4) is 0 Å². The van der Waals surface area contributed by atoms with Crippen LogP contribution in [-0.2, 0) is 24.4 Å². The summed E-state index contributed by atoms with van der Waals surface area (Å²) in [5.41, 5.74) is 1.41. The van der Waals surface area contributed by atoms with Gasteiger partial charge in [-0.15, -0.1) is 0 Å². The summed E-state index contributed by atoms with van der Waals surface area (Å²) < 4.78 is 28.6. The number of carboxylic acids is 1. The summed E-state index contributed by atoms with van der Waals surface area (Å²) in [6.45, 7) is 6.14. The molecular formula is C27H35N3O6S. The van der Waals surface area contributed by atoms with Crippen molar-refractivity contribution in [2.75, 3.05) is 13.1 Å². The molecule has 0 spiro atoms. The fourth-order valence-corrected chi connectivity index (χ4v) is 5.65. The molecule has 1 saturated heterocycles. The van der Waals surface area contributed by atoms with E-state index < -0.39 is 34.0 Å². The third-order valence-electron chi connectivity index (χ3n) is 6.94. The molecule has 10 heteroatoms. The van der Waals surface area contributed by atoms with Gasteiger partial charge in [-0.25, -0.2) is 13.2 Å². The Kier molecular flexibility index (Phi) is 9.45. The van der Waals surface area contributed by atoms with E-state index in [0.29, 0.717) is 24.8 Å². The Labute approximate surface area is 218 Å². The van der Waals surface area contributed by atoms with Crippen LogP contribution in [0.1, 0.15) is 50.3 Å². The maximum absolute atomic E-state index is 13.4. The largest absolute Gasteiger partial charge is 0.479 e. The van der Waals surface area contributed by atoms with Crippen LogP contribution in [0.25, 0.3) is 0 Å². The van der Waals surface area contributed by atoms with Gasteiger partial charge in [-0.3, -0.25) is 9.59 Å². The first-order chi connectivity index (χ1) is 17.5. The molecular weight excluding hydrogens is 494 g/mol. The smallest absolute Gasteiger partial charge is 0.330 e. The SMILES string of the molecule is CCC(C)[C@H](NS(=O)(=O)c1ccc(C)cc1)C(=O)N1CCC(C(=O)N[C@H](C(=O)O)c2ccccc2)CC1. The van der Waals surface area contributed by atoms with Gasteiger partial charge in [0.2, 0.25) is 21.8 Å². The highest BCUT2D eigenvalue weighted by molar-refractivity contribution is 7.89. The summed E-state index contributed by atoms with van der Waals surface area (Å²) in [5, 5.41) is 12.2. The third kappa shape index (κ3) is 7.17. The van der Waals surface area contributed by atoms with Crippen molar-refractivity contribution in [1.82, 2.24) is 14.9 Å². The van der Waals surface area contributed by atoms with Crippen molar-refractivity contribution in [1.29, 1.82) is 0 Å². The number of piperidine rings is 1. The van der Waals surface area contributed by atoms with Gasteiger partial charge in [0.15, 0.2) is 6.04 Å². The van der Waals surface area contributed by atoms with Crippen LogP contribution >= 0.6 is 0 Å². The number of nitrogens with one attached hydrogen (secondary N) is 2. The Balaban J connectivity index is 1.65. The van der Waals surface area contributed by atoms with E-state index >= 15 is 0 Å². The van der Waals surface area contributed by atoms with Gasteiger partial charge in [0, 0.05) is 19.0 Å². The number of amides is 2. The second kappa shape index (κ2) is 12.3. The van der Waals surface area contributed by atoms with Crippen LogP contribution in [0.15, 0.2) is 59.5 Å². The van der Waals surface area contributed by atoms with Crippen LogP contribution < -0.4 is 10.0 Å². The molecule has 37 heavy (non-hydrogen) atoms. The number of hydrogen-bond acceptors (Lipinski definition) is 5. The molecule has 1 heterocycles. The number of rotatable bonds is 10. The molecule has 1 aliphatic heterocycles. The standard InChI is InChI=1S/C27H35N3O6S/c1-4-19(3)23(29-37(35,36)22-12-10-18(2)11-13-22)26(32)30-16-14-21(15-17-30)25(31)28-24(27(33)34)20-8-6-5-7-9-20/h5-13,19,21,23-24,29H,4,14-17H2,1-3H3,(H,28,31)(H,33,34)/t19?,23-,24-/m0/s1. The van der Waals surface area contributed by atoms with Crippen LogP contribution in [0.4, 0.5) is 0 Å². The summed E-state index contributed by atoms with van der Waals surface area (Å²) in [5.74, 6) is -2.53. The zero-order chi connectivity index (χ0) is 27.2. The summed E-state index contributed by atoms with van der Waals surface area (Å²) in [4.78, 5) is 39.7. The van der Waals surface area contributed by atoms with Gasteiger partial charge in [0.25, 0.3) is 0 Å². The fraction of sp³-hybridized carbons (Fsp3) is 0.444. The van der Waals surface area contributed by atoms with E-state index in [0.717, 1.165) is 5.56 Å². The van der Waals surface area contributed by atoms with Crippen LogP contribution in [-0.4, -0.2) is 55.3 Å². The number of aliphatic carboxylic acids is 1. The Morgan fingerprint density at radius 1 is 1.03 bits per heavy atom. The summed E-state index contributed by atoms with van der Waals surface area (Å²) >= 11 is 0. The molecule has 0 saturated carbocycles. The molecule has 9 nitrogen and oxygen atoms in total. The van der Waals surface area contributed by atoms with E-state index in [1.165, 1.54) is 12.1 Å². The van der Waals surface area contributed by atoms with Crippen LogP contribution in [0.5, 0.6) is 0 Å². The lowest BCUT2D eigenvalue weighted by Gasteiger charge is -2.35. The molecule has 0 aliphatic carbocycles. The molecule has 3 rings (SSSR count). The first-order valence-electron chi connectivity index (χ1n) is 12.5. The van der Waals surface area contributed by atoms with Crippen molar-refractivity contribution < 1.29 is 27.9 Å². The lowest BCUT2D eigenvalue weighted by atomic mass is 9.93. The molecule has 2 aromatic rings. The average Bonchev–Trinajstić information content (AvgIpc) is 2.90. The van der Waals surface area contributed by atoms with Gasteiger partial charge >= 0.3 is 5.97 Å². The number of nitrogens with zero attached hydrogens (tertiary/aromatic N) is 1. The number of hydrogen-bond donors (Lipinski definition) is 3. The number of carbonyl (C=O) groups excluding carboxylic acids is 2. The van der Waals surface area contributed by atoms with E-state index in [2.05, 4.69) is 10.0 Å². The predicted octanol–water partition coefficient (Wildman–Crippen LogP) is 2.87. The topological polar surface area (TPSA) is 133 Å². The van der Waals surface area contributed by atoms with Gasteiger partial charge in [-0.1, -0.05) is 68.3 Å². The number of carbonyl (C=O) groups is 3. The summed E-state index contributed by atoms with van der Waals surface area (Å²) in [6.07, 6.45) is 1.31. The molecule has 2 amide bonds. The van der Waals surface area contributed by atoms with Gasteiger partial charge < -0.3 is 15.3 Å². The number of likely N-dealkylation sites (tertiary alicyclic amines) is 1. The maximum atomic E-state index is 13.4. The molecule has 0 aromatic heterocycles. The average molecular weight is 530 g/mol. The lowest BCUT2D eigenvalue weighted by Crippen LogP contribution is -2.54. The zero-order valence-corrected chi connectivity index (χ0v) is 22.2. The first-order valence-corrected chi connectivity index (χ1v) is 14.0. The molecule has 0 bridgehead atoms. The molecule has 2 aromatic carbocycles. The van der Waals surface area contributed by atoms with E-state index in [1.807, 2.05) is 20.8 Å². The van der Waals surface area contributed by atoms with Gasteiger partial charge in [0.05, 0.1) is 4.90 Å². The minimum absolute atomic E-state index is 0.0981. The summed E-state index contributed by atoms with van der Waals surface area (Å²) in [6, 6.07) is 12.8. The normalized spacial score (nSPS) is 17.0. The molecule has 3 atom stereocenters. The minimum atomic E-state index is -3.90. The quantitative estimate of drug-likeness (QED) is 0.434. The van der Waals surface area contributed by atoms with Gasteiger partial charge in [-0.05, 0) is 43.4 Å². The second-order valence-corrected chi connectivity index (χ2v) is 11.3. The number of aryl methyl sites for hydroxylation is 1. The highest BCUT2D eigenvalue weighted by atomic mass is 32.2. The molecule has 1 unspecified atom stereocenters. The van der Waals surface area contributed by atoms with Crippen molar-refractivity contribution in [2.24, 2.45) is 11.8 Å². The van der Waals surface area contributed by atoms with Crippen molar-refractivity contribution in [2.45, 2.75) is 57.0 Å². The Morgan fingerprint density at radius 3 is 2.16 bits per heavy atom. The van der Waals surface area contributed by atoms with Crippen molar-refractivity contribution >= 4 is 27.8 Å². The van der Waals surface area contributed by atoms with E-state index in [-0.39, 0.29) is 35.7 Å². The Morgan fingerprint density at radius 2 is 1.62 bits per heavy atom. The molecule has 3 N–H and O–H groups in total. The monoisotopic (exact) mass is 529 g/mol. The number of carboxylic acid groups (broad SMARTS) is 1. The summed E-state index contributed by atoms with van der Waals surface area (Å²) in [7, 11) is -3.90. The molecule has 1 fully saturated rings. The third-order valence-corrected chi connectivity index (χ3v) is 8.39. The van der Waals surface area contributed by atoms with E-state index in [1.54, 1.807) is 47.4 Å². The van der Waals surface area contributed by atoms with E-state index in [4.69, 9.17) is 0 Å². The highest BCUT2D eigenvalue weighted by Gasteiger charge is 2.36. The van der Waals surface area contributed by atoms with Crippen LogP contribution in [0, 0.1) is 18.8 Å². The molecule has 1 aliphatic rings. The highest BCUT2D eigenvalue weighted by Crippen LogP contribution is 2.23. The first kappa shape index (κ1) is 28.3. The predicted molar refractivity (Wildman–Crippen MR) is 139 cm³/mol. The lowest BCUT2D eigenvalue weighted by molar-refractivity contribution is -0.143. The Hall–Kier alpha value is -3.24. The van der Waals surface area contributed by atoms with Crippen molar-refractivity contribution in [3.05, 3.63) is 65.7 Å². The fourth-order valence-electron chi connectivity index (χ4n) is 4.35. The zero-order valence-electron chi connectivity index (χ0n) is 21.4. The van der Waals surface area contributed by atoms with Crippen LogP contribution in [0.2, 0.25) is 0 Å². The molecule has 200 valence electrons. The van der Waals surface area contributed by atoms with Gasteiger partial charge in [0.1, 0.15) is 6.04 Å². The molecule has 0 radical (unpaired) electrons.